The Labute approximate surface area is 113 Å². The van der Waals surface area contributed by atoms with E-state index >= 15 is 0 Å². The van der Waals surface area contributed by atoms with Crippen molar-refractivity contribution in [2.45, 2.75) is 0 Å². The smallest absolute Gasteiger partial charge is 0.0702 e. The lowest BCUT2D eigenvalue weighted by Gasteiger charge is -2.05. The highest BCUT2D eigenvalue weighted by molar-refractivity contribution is 5.75. The summed E-state index contributed by atoms with van der Waals surface area (Å²) < 4.78 is 0. The average molecular weight is 248 g/mol. The lowest BCUT2D eigenvalue weighted by Crippen LogP contribution is -1.89. The number of pyridine rings is 1. The molecule has 0 spiro atoms. The van der Waals surface area contributed by atoms with E-state index in [1.54, 1.807) is 12.3 Å². The van der Waals surface area contributed by atoms with Gasteiger partial charge in [-0.3, -0.25) is 4.98 Å². The first-order valence-corrected chi connectivity index (χ1v) is 6.00. The molecule has 1 aromatic heterocycles. The van der Waals surface area contributed by atoms with Crippen molar-refractivity contribution in [2.75, 3.05) is 0 Å². The molecule has 94 valence electrons. The summed E-state index contributed by atoms with van der Waals surface area (Å²) in [6, 6.07) is 14.0. The highest BCUT2D eigenvalue weighted by Gasteiger charge is 2.01. The number of hydrogen-bond acceptors (Lipinski definition) is 2. The van der Waals surface area contributed by atoms with Crippen LogP contribution in [0, 0.1) is 0 Å². The number of hydrogen-bond donors (Lipinski definition) is 1. The molecule has 2 nitrogen and oxygen atoms in total. The van der Waals surface area contributed by atoms with Crippen LogP contribution in [-0.4, -0.2) is 4.98 Å². The van der Waals surface area contributed by atoms with Gasteiger partial charge in [-0.05, 0) is 35.4 Å². The SMILES string of the molecule is C=C(N)/C=C\C(=C)c1cccc(-c2ccccn2)c1. The van der Waals surface area contributed by atoms with Gasteiger partial charge in [-0.25, -0.2) is 0 Å². The summed E-state index contributed by atoms with van der Waals surface area (Å²) in [7, 11) is 0. The molecule has 0 saturated carbocycles. The molecule has 2 N–H and O–H groups in total. The van der Waals surface area contributed by atoms with Gasteiger partial charge in [-0.15, -0.1) is 0 Å². The van der Waals surface area contributed by atoms with Gasteiger partial charge in [0.25, 0.3) is 0 Å². The normalized spacial score (nSPS) is 10.5. The number of allylic oxidation sites excluding steroid dienone is 3. The Morgan fingerprint density at radius 2 is 1.89 bits per heavy atom. The molecule has 0 saturated heterocycles. The van der Waals surface area contributed by atoms with Gasteiger partial charge in [-0.2, -0.15) is 0 Å². The second kappa shape index (κ2) is 5.83. The first kappa shape index (κ1) is 12.8. The Morgan fingerprint density at radius 1 is 1.05 bits per heavy atom. The Bertz CT molecular complexity index is 625. The number of rotatable bonds is 4. The summed E-state index contributed by atoms with van der Waals surface area (Å²) in [6.07, 6.45) is 5.39. The van der Waals surface area contributed by atoms with Crippen molar-refractivity contribution >= 4 is 5.57 Å². The van der Waals surface area contributed by atoms with Crippen LogP contribution in [-0.2, 0) is 0 Å². The van der Waals surface area contributed by atoms with E-state index in [1.165, 1.54) is 0 Å². The van der Waals surface area contributed by atoms with Crippen LogP contribution in [0.3, 0.4) is 0 Å². The van der Waals surface area contributed by atoms with Crippen molar-refractivity contribution in [3.63, 3.8) is 0 Å². The van der Waals surface area contributed by atoms with Crippen LogP contribution in [0.15, 0.2) is 79.7 Å². The Balaban J connectivity index is 2.30. The first-order chi connectivity index (χ1) is 9.16. The largest absolute Gasteiger partial charge is 0.399 e. The Morgan fingerprint density at radius 3 is 2.58 bits per heavy atom. The van der Waals surface area contributed by atoms with Crippen molar-refractivity contribution in [3.8, 4) is 11.3 Å². The highest BCUT2D eigenvalue weighted by atomic mass is 14.7. The van der Waals surface area contributed by atoms with Crippen LogP contribution < -0.4 is 5.73 Å². The third-order valence-corrected chi connectivity index (χ3v) is 2.69. The van der Waals surface area contributed by atoms with Crippen molar-refractivity contribution in [2.24, 2.45) is 5.73 Å². The highest BCUT2D eigenvalue weighted by Crippen LogP contribution is 2.22. The van der Waals surface area contributed by atoms with Crippen molar-refractivity contribution < 1.29 is 0 Å². The molecule has 0 aliphatic rings. The second-order valence-electron chi connectivity index (χ2n) is 4.23. The number of aromatic nitrogens is 1. The van der Waals surface area contributed by atoms with Crippen LogP contribution in [0.2, 0.25) is 0 Å². The fraction of sp³-hybridized carbons (Fsp3) is 0. The zero-order valence-electron chi connectivity index (χ0n) is 10.7. The van der Waals surface area contributed by atoms with Gasteiger partial charge >= 0.3 is 0 Å². The first-order valence-electron chi connectivity index (χ1n) is 6.00. The molecule has 0 fully saturated rings. The van der Waals surface area contributed by atoms with E-state index in [1.807, 2.05) is 42.5 Å². The molecule has 1 heterocycles. The maximum Gasteiger partial charge on any atom is 0.0702 e. The lowest BCUT2D eigenvalue weighted by atomic mass is 10.0. The van der Waals surface area contributed by atoms with Crippen molar-refractivity contribution in [1.29, 1.82) is 0 Å². The van der Waals surface area contributed by atoms with E-state index in [2.05, 4.69) is 24.2 Å². The van der Waals surface area contributed by atoms with Crippen LogP contribution in [0.4, 0.5) is 0 Å². The second-order valence-corrected chi connectivity index (χ2v) is 4.23. The summed E-state index contributed by atoms with van der Waals surface area (Å²) in [5.74, 6) is 0. The zero-order valence-corrected chi connectivity index (χ0v) is 10.7. The molecule has 0 amide bonds. The van der Waals surface area contributed by atoms with Gasteiger partial charge < -0.3 is 5.73 Å². The molecule has 0 aliphatic carbocycles. The van der Waals surface area contributed by atoms with E-state index in [0.29, 0.717) is 5.70 Å². The minimum Gasteiger partial charge on any atom is -0.399 e. The van der Waals surface area contributed by atoms with E-state index in [4.69, 9.17) is 5.73 Å². The van der Waals surface area contributed by atoms with Crippen LogP contribution >= 0.6 is 0 Å². The summed E-state index contributed by atoms with van der Waals surface area (Å²) in [4.78, 5) is 4.34. The summed E-state index contributed by atoms with van der Waals surface area (Å²) in [5, 5.41) is 0. The van der Waals surface area contributed by atoms with Gasteiger partial charge in [-0.1, -0.05) is 43.5 Å². The summed E-state index contributed by atoms with van der Waals surface area (Å²) in [5.41, 5.74) is 9.98. The third-order valence-electron chi connectivity index (χ3n) is 2.69. The predicted octanol–water partition coefficient (Wildman–Crippen LogP) is 3.79. The monoisotopic (exact) mass is 248 g/mol. The molecule has 2 rings (SSSR count). The Kier molecular flexibility index (Phi) is 3.94. The van der Waals surface area contributed by atoms with Crippen molar-refractivity contribution in [1.82, 2.24) is 4.98 Å². The molecule has 19 heavy (non-hydrogen) atoms. The standard InChI is InChI=1S/C17H16N2/c1-13(9-10-14(2)18)15-6-5-7-16(12-15)17-8-3-4-11-19-17/h3-12H,1-2,18H2/b10-9-. The maximum atomic E-state index is 5.51. The van der Waals surface area contributed by atoms with Crippen LogP contribution in [0.25, 0.3) is 16.8 Å². The van der Waals surface area contributed by atoms with Gasteiger partial charge in [0, 0.05) is 17.5 Å². The minimum atomic E-state index is 0.516. The minimum absolute atomic E-state index is 0.516. The summed E-state index contributed by atoms with van der Waals surface area (Å²) in [6.45, 7) is 7.65. The number of nitrogens with zero attached hydrogens (tertiary/aromatic N) is 1. The topological polar surface area (TPSA) is 38.9 Å². The van der Waals surface area contributed by atoms with Crippen molar-refractivity contribution in [3.05, 3.63) is 85.2 Å². The molecule has 0 bridgehead atoms. The molecule has 2 heteroatoms. The number of benzene rings is 1. The zero-order chi connectivity index (χ0) is 13.7. The fourth-order valence-electron chi connectivity index (χ4n) is 1.72. The third kappa shape index (κ3) is 3.42. The summed E-state index contributed by atoms with van der Waals surface area (Å²) >= 11 is 0. The van der Waals surface area contributed by atoms with E-state index in [9.17, 15) is 0 Å². The molecular formula is C17H16N2. The fourth-order valence-corrected chi connectivity index (χ4v) is 1.72. The van der Waals surface area contributed by atoms with E-state index in [0.717, 1.165) is 22.4 Å². The molecule has 0 atom stereocenters. The van der Waals surface area contributed by atoms with E-state index < -0.39 is 0 Å². The van der Waals surface area contributed by atoms with Crippen LogP contribution in [0.1, 0.15) is 5.56 Å². The Hall–Kier alpha value is -2.61. The lowest BCUT2D eigenvalue weighted by molar-refractivity contribution is 1.32. The van der Waals surface area contributed by atoms with E-state index in [-0.39, 0.29) is 0 Å². The predicted molar refractivity (Wildman–Crippen MR) is 81.2 cm³/mol. The quantitative estimate of drug-likeness (QED) is 0.836. The molecule has 1 aromatic carbocycles. The van der Waals surface area contributed by atoms with Crippen LogP contribution in [0.5, 0.6) is 0 Å². The molecule has 0 aliphatic heterocycles. The van der Waals surface area contributed by atoms with Gasteiger partial charge in [0.2, 0.25) is 0 Å². The molecular weight excluding hydrogens is 232 g/mol. The maximum absolute atomic E-state index is 5.51. The molecule has 0 radical (unpaired) electrons. The van der Waals surface area contributed by atoms with Gasteiger partial charge in [0.1, 0.15) is 0 Å². The molecule has 2 aromatic rings. The van der Waals surface area contributed by atoms with Gasteiger partial charge in [0.15, 0.2) is 0 Å². The van der Waals surface area contributed by atoms with Gasteiger partial charge in [0.05, 0.1) is 5.69 Å². The molecule has 0 unspecified atom stereocenters. The average Bonchev–Trinajstić information content (AvgIpc) is 2.46. The number of nitrogens with two attached hydrogens (primary N) is 1.